The number of carbonyl (C=O) groups excluding carboxylic acids is 1. The number of carbonyl (C=O) groups is 1. The lowest BCUT2D eigenvalue weighted by Gasteiger charge is -2.12. The lowest BCUT2D eigenvalue weighted by Crippen LogP contribution is -2.15. The minimum atomic E-state index is -0.151. The number of aryl methyl sites for hydroxylation is 1. The van der Waals surface area contributed by atoms with Crippen LogP contribution in [0.25, 0.3) is 10.9 Å². The van der Waals surface area contributed by atoms with Crippen LogP contribution in [0.4, 0.5) is 5.69 Å². The maximum absolute atomic E-state index is 12.4. The maximum atomic E-state index is 12.4. The predicted molar refractivity (Wildman–Crippen MR) is 115 cm³/mol. The largest absolute Gasteiger partial charge is 0.493 e. The van der Waals surface area contributed by atoms with Crippen LogP contribution in [0.3, 0.4) is 0 Å². The number of ether oxygens (including phenoxy) is 2. The van der Waals surface area contributed by atoms with E-state index < -0.39 is 0 Å². The highest BCUT2D eigenvalue weighted by molar-refractivity contribution is 8.00. The first-order chi connectivity index (χ1) is 14.0. The molecule has 2 aromatic carbocycles. The van der Waals surface area contributed by atoms with Crippen molar-refractivity contribution in [3.63, 3.8) is 0 Å². The number of nitriles is 1. The van der Waals surface area contributed by atoms with Crippen molar-refractivity contribution in [2.75, 3.05) is 25.3 Å². The minimum Gasteiger partial charge on any atom is -0.493 e. The van der Waals surface area contributed by atoms with Gasteiger partial charge in [0.05, 0.1) is 31.1 Å². The van der Waals surface area contributed by atoms with E-state index in [0.29, 0.717) is 27.6 Å². The van der Waals surface area contributed by atoms with E-state index >= 15 is 0 Å². The molecule has 0 saturated heterocycles. The molecule has 0 unspecified atom stereocenters. The second kappa shape index (κ2) is 8.84. The Bertz CT molecular complexity index is 1120. The number of thioether (sulfide) groups is 1. The number of rotatable bonds is 6. The van der Waals surface area contributed by atoms with Gasteiger partial charge in [0, 0.05) is 17.1 Å². The molecule has 0 aliphatic carbocycles. The summed E-state index contributed by atoms with van der Waals surface area (Å²) in [7, 11) is 3.11. The van der Waals surface area contributed by atoms with Crippen LogP contribution in [0.1, 0.15) is 16.7 Å². The van der Waals surface area contributed by atoms with Gasteiger partial charge in [-0.1, -0.05) is 23.9 Å². The van der Waals surface area contributed by atoms with Gasteiger partial charge in [0.15, 0.2) is 11.5 Å². The summed E-state index contributed by atoms with van der Waals surface area (Å²) < 4.78 is 10.6. The van der Waals surface area contributed by atoms with Crippen molar-refractivity contribution < 1.29 is 14.3 Å². The third-order valence-electron chi connectivity index (χ3n) is 4.62. The summed E-state index contributed by atoms with van der Waals surface area (Å²) in [6.45, 7) is 3.97. The fourth-order valence-corrected chi connectivity index (χ4v) is 3.64. The third-order valence-corrected chi connectivity index (χ3v) is 5.62. The van der Waals surface area contributed by atoms with Gasteiger partial charge in [0.1, 0.15) is 11.1 Å². The zero-order chi connectivity index (χ0) is 21.0. The van der Waals surface area contributed by atoms with Gasteiger partial charge in [-0.2, -0.15) is 5.26 Å². The van der Waals surface area contributed by atoms with Gasteiger partial charge in [-0.05, 0) is 43.2 Å². The summed E-state index contributed by atoms with van der Waals surface area (Å²) in [6, 6.07) is 13.2. The number of nitrogens with one attached hydrogen (secondary N) is 1. The average molecular weight is 407 g/mol. The summed E-state index contributed by atoms with van der Waals surface area (Å²) in [6.07, 6.45) is 0. The van der Waals surface area contributed by atoms with Gasteiger partial charge in [-0.3, -0.25) is 4.79 Å². The van der Waals surface area contributed by atoms with Gasteiger partial charge in [0.25, 0.3) is 0 Å². The van der Waals surface area contributed by atoms with Crippen molar-refractivity contribution in [2.24, 2.45) is 0 Å². The molecule has 0 bridgehead atoms. The number of anilines is 1. The Kier molecular flexibility index (Phi) is 6.25. The first-order valence-corrected chi connectivity index (χ1v) is 9.91. The molecule has 0 atom stereocenters. The summed E-state index contributed by atoms with van der Waals surface area (Å²) in [5, 5.41) is 13.7. The number of pyridine rings is 1. The van der Waals surface area contributed by atoms with Crippen LogP contribution in [-0.4, -0.2) is 30.9 Å². The van der Waals surface area contributed by atoms with Gasteiger partial charge in [0.2, 0.25) is 5.91 Å². The predicted octanol–water partition coefficient (Wildman–Crippen LogP) is 4.47. The van der Waals surface area contributed by atoms with Crippen LogP contribution in [0.2, 0.25) is 0 Å². The molecule has 1 aromatic heterocycles. The number of aromatic nitrogens is 1. The maximum Gasteiger partial charge on any atom is 0.234 e. The molecule has 0 aliphatic heterocycles. The van der Waals surface area contributed by atoms with Crippen LogP contribution in [0.5, 0.6) is 11.5 Å². The molecule has 3 aromatic rings. The Morgan fingerprint density at radius 2 is 1.90 bits per heavy atom. The van der Waals surface area contributed by atoms with Gasteiger partial charge in [-0.15, -0.1) is 0 Å². The van der Waals surface area contributed by atoms with Gasteiger partial charge in [-0.25, -0.2) is 4.98 Å². The molecule has 0 fully saturated rings. The number of methoxy groups -OCH3 is 2. The molecule has 0 radical (unpaired) electrons. The number of hydrogen-bond donors (Lipinski definition) is 1. The second-order valence-corrected chi connectivity index (χ2v) is 7.40. The fraction of sp³-hybridized carbons (Fsp3) is 0.227. The molecule has 1 N–H and O–H groups in total. The number of hydrogen-bond acceptors (Lipinski definition) is 6. The van der Waals surface area contributed by atoms with Crippen molar-refractivity contribution >= 4 is 34.3 Å². The van der Waals surface area contributed by atoms with E-state index in [1.54, 1.807) is 32.4 Å². The lowest BCUT2D eigenvalue weighted by molar-refractivity contribution is -0.113. The number of amides is 1. The highest BCUT2D eigenvalue weighted by Gasteiger charge is 2.14. The first kappa shape index (κ1) is 20.5. The van der Waals surface area contributed by atoms with Crippen LogP contribution in [0, 0.1) is 25.2 Å². The van der Waals surface area contributed by atoms with Crippen molar-refractivity contribution in [2.45, 2.75) is 18.9 Å². The minimum absolute atomic E-state index is 0.147. The zero-order valence-electron chi connectivity index (χ0n) is 16.7. The molecular weight excluding hydrogens is 386 g/mol. The second-order valence-electron chi connectivity index (χ2n) is 6.44. The molecule has 1 heterocycles. The first-order valence-electron chi connectivity index (χ1n) is 8.92. The third kappa shape index (κ3) is 4.44. The SMILES string of the molecule is COc1cc2cc(C#N)c(SCC(=O)Nc3cccc(C)c3C)nc2cc1OC. The van der Waals surface area contributed by atoms with E-state index in [0.717, 1.165) is 22.2 Å². The molecular formula is C22H21N3O3S. The Hall–Kier alpha value is -3.24. The number of benzene rings is 2. The van der Waals surface area contributed by atoms with Crippen LogP contribution in [0.15, 0.2) is 41.4 Å². The zero-order valence-corrected chi connectivity index (χ0v) is 17.5. The molecule has 0 saturated carbocycles. The van der Waals surface area contributed by atoms with E-state index in [1.807, 2.05) is 32.0 Å². The Labute approximate surface area is 173 Å². The molecule has 148 valence electrons. The normalized spacial score (nSPS) is 10.4. The number of fused-ring (bicyclic) bond motifs is 1. The average Bonchev–Trinajstić information content (AvgIpc) is 2.73. The molecule has 6 nitrogen and oxygen atoms in total. The standard InChI is InChI=1S/C22H21N3O3S/c1-13-6-5-7-17(14(13)2)24-21(26)12-29-22-16(11-23)8-15-9-19(27-3)20(28-4)10-18(15)25-22/h5-10H,12H2,1-4H3,(H,24,26). The van der Waals surface area contributed by atoms with Crippen LogP contribution < -0.4 is 14.8 Å². The number of nitrogens with zero attached hydrogens (tertiary/aromatic N) is 2. The Morgan fingerprint density at radius 3 is 2.59 bits per heavy atom. The van der Waals surface area contributed by atoms with Crippen molar-refractivity contribution in [3.8, 4) is 17.6 Å². The quantitative estimate of drug-likeness (QED) is 0.607. The fourth-order valence-electron chi connectivity index (χ4n) is 2.88. The van der Waals surface area contributed by atoms with Gasteiger partial charge < -0.3 is 14.8 Å². The molecule has 0 spiro atoms. The van der Waals surface area contributed by atoms with E-state index in [9.17, 15) is 10.1 Å². The van der Waals surface area contributed by atoms with Crippen molar-refractivity contribution in [1.29, 1.82) is 5.26 Å². The topological polar surface area (TPSA) is 84.2 Å². The van der Waals surface area contributed by atoms with Crippen molar-refractivity contribution in [3.05, 3.63) is 53.1 Å². The lowest BCUT2D eigenvalue weighted by atomic mass is 10.1. The van der Waals surface area contributed by atoms with Crippen molar-refractivity contribution in [1.82, 2.24) is 4.98 Å². The van der Waals surface area contributed by atoms with Crippen LogP contribution in [-0.2, 0) is 4.79 Å². The monoisotopic (exact) mass is 407 g/mol. The van der Waals surface area contributed by atoms with Crippen LogP contribution >= 0.6 is 11.8 Å². The molecule has 3 rings (SSSR count). The summed E-state index contributed by atoms with van der Waals surface area (Å²) in [5.41, 5.74) is 4.02. The highest BCUT2D eigenvalue weighted by Crippen LogP contribution is 2.33. The summed E-state index contributed by atoms with van der Waals surface area (Å²) >= 11 is 1.23. The smallest absolute Gasteiger partial charge is 0.234 e. The highest BCUT2D eigenvalue weighted by atomic mass is 32.2. The van der Waals surface area contributed by atoms with E-state index in [4.69, 9.17) is 9.47 Å². The van der Waals surface area contributed by atoms with E-state index in [1.165, 1.54) is 11.8 Å². The summed E-state index contributed by atoms with van der Waals surface area (Å²) in [5.74, 6) is 1.12. The van der Waals surface area contributed by atoms with E-state index in [2.05, 4.69) is 16.4 Å². The summed E-state index contributed by atoms with van der Waals surface area (Å²) in [4.78, 5) is 17.0. The Morgan fingerprint density at radius 1 is 1.17 bits per heavy atom. The molecule has 0 aliphatic rings. The Balaban J connectivity index is 1.82. The van der Waals surface area contributed by atoms with E-state index in [-0.39, 0.29) is 11.7 Å². The molecule has 1 amide bonds. The molecule has 29 heavy (non-hydrogen) atoms. The van der Waals surface area contributed by atoms with Gasteiger partial charge >= 0.3 is 0 Å². The molecule has 7 heteroatoms.